The molecule has 0 spiro atoms. The minimum atomic E-state index is -0.784. The molecule has 31 heavy (non-hydrogen) atoms. The van der Waals surface area contributed by atoms with Crippen molar-refractivity contribution in [3.63, 3.8) is 0 Å². The third-order valence-electron chi connectivity index (χ3n) is 4.86. The molecule has 0 unspecified atom stereocenters. The highest BCUT2D eigenvalue weighted by Crippen LogP contribution is 2.23. The van der Waals surface area contributed by atoms with Gasteiger partial charge < -0.3 is 24.7 Å². The lowest BCUT2D eigenvalue weighted by Gasteiger charge is -2.26. The number of hydrogen-bond acceptors (Lipinski definition) is 8. The number of rotatable bonds is 6. The first-order chi connectivity index (χ1) is 15.0. The SMILES string of the molecule is CN(C)c1nc2ccc(NC(=O)C(=O)Nc3cnn(CCN4CCOCC4)c3)cc2o1. The number of amides is 2. The van der Waals surface area contributed by atoms with Crippen LogP contribution in [-0.4, -0.2) is 78.4 Å². The van der Waals surface area contributed by atoms with Crippen molar-refractivity contribution in [1.29, 1.82) is 0 Å². The number of benzene rings is 1. The van der Waals surface area contributed by atoms with Gasteiger partial charge in [-0.05, 0) is 12.1 Å². The number of hydrogen-bond donors (Lipinski definition) is 2. The number of aromatic nitrogens is 3. The van der Waals surface area contributed by atoms with Crippen LogP contribution in [0.5, 0.6) is 0 Å². The Hall–Kier alpha value is -3.44. The van der Waals surface area contributed by atoms with Gasteiger partial charge in [0, 0.05) is 51.7 Å². The smallest absolute Gasteiger partial charge is 0.314 e. The van der Waals surface area contributed by atoms with Gasteiger partial charge >= 0.3 is 11.8 Å². The summed E-state index contributed by atoms with van der Waals surface area (Å²) in [6.45, 7) is 4.83. The van der Waals surface area contributed by atoms with Crippen LogP contribution in [0.1, 0.15) is 0 Å². The second-order valence-corrected chi connectivity index (χ2v) is 7.43. The van der Waals surface area contributed by atoms with Crippen molar-refractivity contribution in [3.8, 4) is 0 Å². The zero-order valence-corrected chi connectivity index (χ0v) is 17.5. The topological polar surface area (TPSA) is 118 Å². The van der Waals surface area contributed by atoms with Crippen LogP contribution in [-0.2, 0) is 20.9 Å². The van der Waals surface area contributed by atoms with E-state index in [0.717, 1.165) is 32.8 Å². The summed E-state index contributed by atoms with van der Waals surface area (Å²) in [6, 6.07) is 5.48. The zero-order valence-electron chi connectivity index (χ0n) is 17.5. The lowest BCUT2D eigenvalue weighted by molar-refractivity contribution is -0.132. The fourth-order valence-corrected chi connectivity index (χ4v) is 3.18. The fraction of sp³-hybridized carbons (Fsp3) is 0.400. The van der Waals surface area contributed by atoms with E-state index in [-0.39, 0.29) is 0 Å². The molecular weight excluding hydrogens is 402 g/mol. The zero-order chi connectivity index (χ0) is 21.8. The number of nitrogens with zero attached hydrogens (tertiary/aromatic N) is 5. The molecule has 2 N–H and O–H groups in total. The van der Waals surface area contributed by atoms with E-state index in [4.69, 9.17) is 9.15 Å². The van der Waals surface area contributed by atoms with Crippen molar-refractivity contribution in [2.45, 2.75) is 6.54 Å². The molecule has 164 valence electrons. The number of nitrogens with one attached hydrogen (secondary N) is 2. The van der Waals surface area contributed by atoms with Gasteiger partial charge in [0.2, 0.25) is 0 Å². The number of anilines is 3. The van der Waals surface area contributed by atoms with E-state index in [2.05, 4.69) is 25.6 Å². The maximum absolute atomic E-state index is 12.3. The maximum Gasteiger partial charge on any atom is 0.314 e. The predicted molar refractivity (Wildman–Crippen MR) is 115 cm³/mol. The van der Waals surface area contributed by atoms with E-state index in [9.17, 15) is 9.59 Å². The number of fused-ring (bicyclic) bond motifs is 1. The van der Waals surface area contributed by atoms with E-state index in [1.54, 1.807) is 34.0 Å². The first-order valence-corrected chi connectivity index (χ1v) is 10.0. The molecule has 2 amide bonds. The van der Waals surface area contributed by atoms with Crippen LogP contribution in [0.3, 0.4) is 0 Å². The molecule has 2 aromatic heterocycles. The summed E-state index contributed by atoms with van der Waals surface area (Å²) in [5.74, 6) is -1.56. The van der Waals surface area contributed by atoms with Gasteiger partial charge in [0.05, 0.1) is 31.6 Å². The fourth-order valence-electron chi connectivity index (χ4n) is 3.18. The summed E-state index contributed by atoms with van der Waals surface area (Å²) in [6.07, 6.45) is 3.23. The normalized spacial score (nSPS) is 14.5. The van der Waals surface area contributed by atoms with Crippen LogP contribution in [0.25, 0.3) is 11.1 Å². The second kappa shape index (κ2) is 9.14. The standard InChI is InChI=1S/C20H25N7O4/c1-25(2)20-24-16-4-3-14(11-17(16)31-20)22-18(28)19(29)23-15-12-21-27(13-15)6-5-26-7-9-30-10-8-26/h3-4,11-13H,5-10H2,1-2H3,(H,22,28)(H,23,29). The largest absolute Gasteiger partial charge is 0.423 e. The predicted octanol–water partition coefficient (Wildman–Crippen LogP) is 1.000. The minimum Gasteiger partial charge on any atom is -0.423 e. The number of oxazole rings is 1. The lowest BCUT2D eigenvalue weighted by Crippen LogP contribution is -2.38. The number of ether oxygens (including phenoxy) is 1. The molecule has 11 nitrogen and oxygen atoms in total. The molecule has 3 aromatic rings. The third kappa shape index (κ3) is 5.19. The van der Waals surface area contributed by atoms with Crippen molar-refractivity contribution in [2.75, 3.05) is 62.5 Å². The summed E-state index contributed by atoms with van der Waals surface area (Å²) >= 11 is 0. The van der Waals surface area contributed by atoms with Gasteiger partial charge in [-0.25, -0.2) is 0 Å². The van der Waals surface area contributed by atoms with Crippen molar-refractivity contribution < 1.29 is 18.7 Å². The average molecular weight is 427 g/mol. The van der Waals surface area contributed by atoms with Gasteiger partial charge in [-0.3, -0.25) is 19.2 Å². The Morgan fingerprint density at radius 2 is 1.84 bits per heavy atom. The summed E-state index contributed by atoms with van der Waals surface area (Å²) < 4.78 is 12.7. The van der Waals surface area contributed by atoms with Gasteiger partial charge in [-0.15, -0.1) is 0 Å². The van der Waals surface area contributed by atoms with Crippen LogP contribution in [0.4, 0.5) is 17.4 Å². The molecule has 0 bridgehead atoms. The van der Waals surface area contributed by atoms with Crippen LogP contribution < -0.4 is 15.5 Å². The minimum absolute atomic E-state index is 0.440. The Balaban J connectivity index is 1.31. The van der Waals surface area contributed by atoms with Crippen LogP contribution in [0.15, 0.2) is 35.0 Å². The molecule has 1 aliphatic rings. The molecule has 0 radical (unpaired) electrons. The summed E-state index contributed by atoms with van der Waals surface area (Å²) in [5.41, 5.74) is 2.08. The van der Waals surface area contributed by atoms with Gasteiger partial charge in [0.25, 0.3) is 6.01 Å². The molecule has 1 aliphatic heterocycles. The Labute approximate surface area is 178 Å². The Kier molecular flexibility index (Phi) is 6.14. The van der Waals surface area contributed by atoms with Crippen molar-refractivity contribution in [3.05, 3.63) is 30.6 Å². The van der Waals surface area contributed by atoms with Gasteiger partial charge in [0.15, 0.2) is 5.58 Å². The highest BCUT2D eigenvalue weighted by atomic mass is 16.5. The Morgan fingerprint density at radius 3 is 2.58 bits per heavy atom. The van der Waals surface area contributed by atoms with Crippen LogP contribution >= 0.6 is 0 Å². The van der Waals surface area contributed by atoms with Crippen LogP contribution in [0.2, 0.25) is 0 Å². The number of carbonyl (C=O) groups is 2. The monoisotopic (exact) mass is 427 g/mol. The van der Waals surface area contributed by atoms with E-state index in [1.165, 1.54) is 6.20 Å². The highest BCUT2D eigenvalue weighted by molar-refractivity contribution is 6.43. The van der Waals surface area contributed by atoms with Crippen molar-refractivity contribution in [2.24, 2.45) is 0 Å². The molecule has 3 heterocycles. The van der Waals surface area contributed by atoms with Gasteiger partial charge in [-0.1, -0.05) is 0 Å². The Bertz CT molecular complexity index is 1070. The highest BCUT2D eigenvalue weighted by Gasteiger charge is 2.17. The first kappa shape index (κ1) is 20.8. The van der Waals surface area contributed by atoms with Crippen molar-refractivity contribution >= 4 is 40.3 Å². The quantitative estimate of drug-likeness (QED) is 0.560. The van der Waals surface area contributed by atoms with Gasteiger partial charge in [-0.2, -0.15) is 10.1 Å². The summed E-state index contributed by atoms with van der Waals surface area (Å²) in [4.78, 5) is 32.9. The molecular formula is C20H25N7O4. The molecule has 11 heteroatoms. The molecule has 1 aromatic carbocycles. The maximum atomic E-state index is 12.3. The average Bonchev–Trinajstić information content (AvgIpc) is 3.39. The molecule has 0 aliphatic carbocycles. The van der Waals surface area contributed by atoms with Crippen LogP contribution in [0, 0.1) is 0 Å². The molecule has 0 atom stereocenters. The number of carbonyl (C=O) groups excluding carboxylic acids is 2. The molecule has 0 saturated carbocycles. The third-order valence-corrected chi connectivity index (χ3v) is 4.86. The molecule has 1 saturated heterocycles. The molecule has 4 rings (SSSR count). The first-order valence-electron chi connectivity index (χ1n) is 10.0. The van der Waals surface area contributed by atoms with Gasteiger partial charge in [0.1, 0.15) is 5.52 Å². The van der Waals surface area contributed by atoms with E-state index in [0.29, 0.717) is 35.0 Å². The summed E-state index contributed by atoms with van der Waals surface area (Å²) in [7, 11) is 3.64. The van der Waals surface area contributed by atoms with E-state index < -0.39 is 11.8 Å². The van der Waals surface area contributed by atoms with Crippen molar-refractivity contribution in [1.82, 2.24) is 19.7 Å². The molecule has 1 fully saturated rings. The van der Waals surface area contributed by atoms with E-state index in [1.807, 2.05) is 14.1 Å². The Morgan fingerprint density at radius 1 is 1.10 bits per heavy atom. The number of morpholine rings is 1. The lowest BCUT2D eigenvalue weighted by atomic mass is 10.3. The second-order valence-electron chi connectivity index (χ2n) is 7.43. The van der Waals surface area contributed by atoms with E-state index >= 15 is 0 Å². The summed E-state index contributed by atoms with van der Waals surface area (Å²) in [5, 5.41) is 9.37.